The molecule has 3 aromatic rings. The summed E-state index contributed by atoms with van der Waals surface area (Å²) in [6.07, 6.45) is 9.49. The normalized spacial score (nSPS) is 14.4. The number of imidazole rings is 1. The molecule has 2 aromatic heterocycles. The van der Waals surface area contributed by atoms with Crippen LogP contribution in [0.15, 0.2) is 66.3 Å². The summed E-state index contributed by atoms with van der Waals surface area (Å²) in [5, 5.41) is 0.953. The number of pyridine rings is 1. The van der Waals surface area contributed by atoms with Crippen molar-refractivity contribution in [3.8, 4) is 11.5 Å². The SMILES string of the molecule is O=C(Oc1ccc(CCOc2cccnc2)cc1)N1CCC(CSc2ncc[nH]2)CC1. The van der Waals surface area contributed by atoms with E-state index < -0.39 is 0 Å². The first-order chi connectivity index (χ1) is 15.3. The van der Waals surface area contributed by atoms with E-state index in [0.29, 0.717) is 18.3 Å². The Hall–Kier alpha value is -3.00. The molecule has 4 rings (SSSR count). The fourth-order valence-corrected chi connectivity index (χ4v) is 4.43. The number of hydrogen-bond acceptors (Lipinski definition) is 6. The second-order valence-corrected chi connectivity index (χ2v) is 8.44. The van der Waals surface area contributed by atoms with Crippen LogP contribution >= 0.6 is 11.8 Å². The van der Waals surface area contributed by atoms with E-state index in [1.807, 2.05) is 42.6 Å². The topological polar surface area (TPSA) is 80.3 Å². The Labute approximate surface area is 186 Å². The zero-order chi connectivity index (χ0) is 21.3. The minimum Gasteiger partial charge on any atom is -0.492 e. The molecule has 0 saturated carbocycles. The lowest BCUT2D eigenvalue weighted by molar-refractivity contribution is 0.134. The molecule has 0 bridgehead atoms. The average Bonchev–Trinajstić information content (AvgIpc) is 3.34. The summed E-state index contributed by atoms with van der Waals surface area (Å²) in [5.41, 5.74) is 1.12. The minimum atomic E-state index is -0.273. The summed E-state index contributed by atoms with van der Waals surface area (Å²) in [6, 6.07) is 11.3. The summed E-state index contributed by atoms with van der Waals surface area (Å²) >= 11 is 1.74. The minimum absolute atomic E-state index is 0.273. The Morgan fingerprint density at radius 2 is 1.97 bits per heavy atom. The predicted molar refractivity (Wildman–Crippen MR) is 120 cm³/mol. The van der Waals surface area contributed by atoms with Crippen molar-refractivity contribution in [1.82, 2.24) is 19.9 Å². The van der Waals surface area contributed by atoms with Crippen molar-refractivity contribution in [2.24, 2.45) is 5.92 Å². The van der Waals surface area contributed by atoms with Crippen LogP contribution in [0, 0.1) is 5.92 Å². The van der Waals surface area contributed by atoms with Gasteiger partial charge in [-0.25, -0.2) is 9.78 Å². The van der Waals surface area contributed by atoms with E-state index in [4.69, 9.17) is 9.47 Å². The van der Waals surface area contributed by atoms with Gasteiger partial charge in [-0.1, -0.05) is 23.9 Å². The molecule has 1 fully saturated rings. The molecule has 8 heteroatoms. The third-order valence-corrected chi connectivity index (χ3v) is 6.36. The molecule has 0 spiro atoms. The van der Waals surface area contributed by atoms with Gasteiger partial charge in [-0.05, 0) is 48.6 Å². The number of nitrogens with one attached hydrogen (secondary N) is 1. The van der Waals surface area contributed by atoms with Crippen LogP contribution in [0.4, 0.5) is 4.79 Å². The Kier molecular flexibility index (Phi) is 7.44. The number of aromatic amines is 1. The van der Waals surface area contributed by atoms with Crippen LogP contribution in [0.1, 0.15) is 18.4 Å². The third-order valence-electron chi connectivity index (χ3n) is 5.22. The summed E-state index contributed by atoms with van der Waals surface area (Å²) in [7, 11) is 0. The lowest BCUT2D eigenvalue weighted by Crippen LogP contribution is -2.40. The molecule has 0 aliphatic carbocycles. The van der Waals surface area contributed by atoms with Gasteiger partial charge in [0, 0.05) is 43.9 Å². The monoisotopic (exact) mass is 438 g/mol. The number of likely N-dealkylation sites (tertiary alicyclic amines) is 1. The van der Waals surface area contributed by atoms with Crippen molar-refractivity contribution < 1.29 is 14.3 Å². The second-order valence-electron chi connectivity index (χ2n) is 7.43. The molecule has 1 N–H and O–H groups in total. The molecule has 7 nitrogen and oxygen atoms in total. The number of thioether (sulfide) groups is 1. The fourth-order valence-electron chi connectivity index (χ4n) is 3.42. The Morgan fingerprint density at radius 3 is 2.68 bits per heavy atom. The first-order valence-electron chi connectivity index (χ1n) is 10.5. The van der Waals surface area contributed by atoms with Crippen LogP contribution in [0.5, 0.6) is 11.5 Å². The second kappa shape index (κ2) is 10.9. The quantitative estimate of drug-likeness (QED) is 0.524. The van der Waals surface area contributed by atoms with Gasteiger partial charge < -0.3 is 19.4 Å². The van der Waals surface area contributed by atoms with E-state index in [2.05, 4.69) is 15.0 Å². The van der Waals surface area contributed by atoms with Crippen LogP contribution in [0.3, 0.4) is 0 Å². The van der Waals surface area contributed by atoms with Gasteiger partial charge in [0.1, 0.15) is 11.5 Å². The third kappa shape index (κ3) is 6.49. The van der Waals surface area contributed by atoms with Crippen molar-refractivity contribution >= 4 is 17.9 Å². The zero-order valence-electron chi connectivity index (χ0n) is 17.3. The first kappa shape index (κ1) is 21.2. The molecular formula is C23H26N4O3S. The van der Waals surface area contributed by atoms with E-state index >= 15 is 0 Å². The molecule has 1 aliphatic rings. The lowest BCUT2D eigenvalue weighted by Gasteiger charge is -2.30. The standard InChI is InChI=1S/C23H26N4O3S/c28-23(27-13-7-19(8-14-27)17-31-22-25-11-12-26-22)30-20-5-3-18(4-6-20)9-15-29-21-2-1-10-24-16-21/h1-6,10-12,16,19H,7-9,13-15,17H2,(H,25,26). The Balaban J connectivity index is 1.16. The van der Waals surface area contributed by atoms with Crippen molar-refractivity contribution in [3.63, 3.8) is 0 Å². The van der Waals surface area contributed by atoms with Crippen LogP contribution < -0.4 is 9.47 Å². The molecule has 31 heavy (non-hydrogen) atoms. The Morgan fingerprint density at radius 1 is 1.13 bits per heavy atom. The average molecular weight is 439 g/mol. The largest absolute Gasteiger partial charge is 0.492 e. The van der Waals surface area contributed by atoms with E-state index in [-0.39, 0.29) is 6.09 Å². The van der Waals surface area contributed by atoms with Crippen LogP contribution in [-0.4, -0.2) is 51.4 Å². The van der Waals surface area contributed by atoms with Crippen molar-refractivity contribution in [2.75, 3.05) is 25.4 Å². The number of aromatic nitrogens is 3. The molecule has 0 atom stereocenters. The van der Waals surface area contributed by atoms with Crippen LogP contribution in [-0.2, 0) is 6.42 Å². The van der Waals surface area contributed by atoms with Crippen molar-refractivity contribution in [2.45, 2.75) is 24.4 Å². The molecule has 0 radical (unpaired) electrons. The number of amides is 1. The Bertz CT molecular complexity index is 927. The smallest absolute Gasteiger partial charge is 0.415 e. The number of hydrogen-bond donors (Lipinski definition) is 1. The molecule has 1 amide bonds. The van der Waals surface area contributed by atoms with Crippen LogP contribution in [0.25, 0.3) is 0 Å². The number of nitrogens with zero attached hydrogens (tertiary/aromatic N) is 3. The summed E-state index contributed by atoms with van der Waals surface area (Å²) < 4.78 is 11.2. The molecule has 1 aromatic carbocycles. The van der Waals surface area contributed by atoms with E-state index in [1.165, 1.54) is 0 Å². The van der Waals surface area contributed by atoms with Gasteiger partial charge in [0.15, 0.2) is 5.16 Å². The number of piperidine rings is 1. The lowest BCUT2D eigenvalue weighted by atomic mass is 9.99. The van der Waals surface area contributed by atoms with Gasteiger partial charge in [-0.3, -0.25) is 4.98 Å². The summed E-state index contributed by atoms with van der Waals surface area (Å²) in [5.74, 6) is 2.93. The van der Waals surface area contributed by atoms with E-state index in [9.17, 15) is 4.79 Å². The van der Waals surface area contributed by atoms with Gasteiger partial charge in [0.2, 0.25) is 0 Å². The summed E-state index contributed by atoms with van der Waals surface area (Å²) in [4.78, 5) is 25.7. The molecule has 3 heterocycles. The molecule has 1 saturated heterocycles. The maximum Gasteiger partial charge on any atom is 0.415 e. The predicted octanol–water partition coefficient (Wildman–Crippen LogP) is 4.43. The van der Waals surface area contributed by atoms with Gasteiger partial charge >= 0.3 is 6.09 Å². The highest BCUT2D eigenvalue weighted by molar-refractivity contribution is 7.99. The molecule has 162 valence electrons. The van der Waals surface area contributed by atoms with Crippen molar-refractivity contribution in [1.29, 1.82) is 0 Å². The fraction of sp³-hybridized carbons (Fsp3) is 0.348. The maximum absolute atomic E-state index is 12.5. The van der Waals surface area contributed by atoms with Gasteiger partial charge in [0.25, 0.3) is 0 Å². The van der Waals surface area contributed by atoms with Crippen LogP contribution in [0.2, 0.25) is 0 Å². The van der Waals surface area contributed by atoms with E-state index in [1.54, 1.807) is 35.3 Å². The maximum atomic E-state index is 12.5. The van der Waals surface area contributed by atoms with Gasteiger partial charge in [0.05, 0.1) is 12.8 Å². The van der Waals surface area contributed by atoms with Gasteiger partial charge in [-0.15, -0.1) is 0 Å². The first-order valence-corrected chi connectivity index (χ1v) is 11.5. The highest BCUT2D eigenvalue weighted by atomic mass is 32.2. The molecule has 1 aliphatic heterocycles. The zero-order valence-corrected chi connectivity index (χ0v) is 18.1. The number of rotatable bonds is 8. The number of carbonyl (C=O) groups is 1. The van der Waals surface area contributed by atoms with Gasteiger partial charge in [-0.2, -0.15) is 0 Å². The molecular weight excluding hydrogens is 412 g/mol. The number of carbonyl (C=O) groups excluding carboxylic acids is 1. The highest BCUT2D eigenvalue weighted by Gasteiger charge is 2.24. The number of benzene rings is 1. The number of ether oxygens (including phenoxy) is 2. The summed E-state index contributed by atoms with van der Waals surface area (Å²) in [6.45, 7) is 2.02. The molecule has 0 unspecified atom stereocenters. The number of H-pyrrole nitrogens is 1. The van der Waals surface area contributed by atoms with Crippen molar-refractivity contribution in [3.05, 3.63) is 66.7 Å². The highest BCUT2D eigenvalue weighted by Crippen LogP contribution is 2.25. The van der Waals surface area contributed by atoms with E-state index in [0.717, 1.165) is 54.6 Å².